The molecular weight excluding hydrogens is 220 g/mol. The van der Waals surface area contributed by atoms with E-state index in [4.69, 9.17) is 6.42 Å². The number of hydrogen-bond acceptors (Lipinski definition) is 3. The van der Waals surface area contributed by atoms with Gasteiger partial charge in [-0.15, -0.1) is 6.42 Å². The second kappa shape index (κ2) is 6.31. The number of carbonyl (C=O) groups excluding carboxylic acids is 1. The third kappa shape index (κ3) is 3.69. The summed E-state index contributed by atoms with van der Waals surface area (Å²) in [5.41, 5.74) is 1.20. The highest BCUT2D eigenvalue weighted by Crippen LogP contribution is 2.15. The Morgan fingerprint density at radius 2 is 2.38 bits per heavy atom. The average molecular weight is 236 g/mol. The van der Waals surface area contributed by atoms with Gasteiger partial charge < -0.3 is 5.32 Å². The van der Waals surface area contributed by atoms with Gasteiger partial charge >= 0.3 is 0 Å². The highest BCUT2D eigenvalue weighted by molar-refractivity contribution is 7.07. The third-order valence-corrected chi connectivity index (χ3v) is 3.00. The van der Waals surface area contributed by atoms with Crippen LogP contribution < -0.4 is 10.6 Å². The molecule has 1 amide bonds. The van der Waals surface area contributed by atoms with Crippen LogP contribution in [0.2, 0.25) is 0 Å². The van der Waals surface area contributed by atoms with Crippen molar-refractivity contribution < 1.29 is 4.79 Å². The molecule has 2 atom stereocenters. The predicted octanol–water partition coefficient (Wildman–Crippen LogP) is 1.54. The van der Waals surface area contributed by atoms with E-state index in [1.54, 1.807) is 11.3 Å². The fraction of sp³-hybridized carbons (Fsp3) is 0.417. The van der Waals surface area contributed by atoms with E-state index < -0.39 is 0 Å². The van der Waals surface area contributed by atoms with Crippen LogP contribution >= 0.6 is 11.3 Å². The Balaban J connectivity index is 2.42. The van der Waals surface area contributed by atoms with Crippen molar-refractivity contribution in [2.75, 3.05) is 6.54 Å². The van der Waals surface area contributed by atoms with Crippen LogP contribution in [0.1, 0.15) is 25.5 Å². The van der Waals surface area contributed by atoms with Crippen LogP contribution in [-0.2, 0) is 4.79 Å². The monoisotopic (exact) mass is 236 g/mol. The van der Waals surface area contributed by atoms with Gasteiger partial charge in [-0.2, -0.15) is 11.3 Å². The van der Waals surface area contributed by atoms with E-state index >= 15 is 0 Å². The Morgan fingerprint density at radius 3 is 2.94 bits per heavy atom. The molecule has 0 saturated carbocycles. The molecule has 1 aromatic rings. The summed E-state index contributed by atoms with van der Waals surface area (Å²) in [6.07, 6.45) is 5.07. The minimum Gasteiger partial charge on any atom is -0.344 e. The first-order valence-electron chi connectivity index (χ1n) is 5.14. The van der Waals surface area contributed by atoms with Crippen LogP contribution in [0, 0.1) is 12.3 Å². The average Bonchev–Trinajstić information content (AvgIpc) is 2.79. The van der Waals surface area contributed by atoms with Crippen molar-refractivity contribution in [2.24, 2.45) is 0 Å². The number of thiophene rings is 1. The molecule has 2 N–H and O–H groups in total. The van der Waals surface area contributed by atoms with E-state index in [0.717, 1.165) is 0 Å². The molecule has 16 heavy (non-hydrogen) atoms. The molecule has 0 aromatic carbocycles. The smallest absolute Gasteiger partial charge is 0.237 e. The summed E-state index contributed by atoms with van der Waals surface area (Å²) < 4.78 is 0. The molecular formula is C12H16N2OS. The van der Waals surface area contributed by atoms with E-state index in [9.17, 15) is 4.79 Å². The maximum Gasteiger partial charge on any atom is 0.237 e. The topological polar surface area (TPSA) is 41.1 Å². The van der Waals surface area contributed by atoms with Gasteiger partial charge in [-0.1, -0.05) is 5.92 Å². The third-order valence-electron chi connectivity index (χ3n) is 2.30. The summed E-state index contributed by atoms with van der Waals surface area (Å²) >= 11 is 1.65. The van der Waals surface area contributed by atoms with Crippen LogP contribution in [0.15, 0.2) is 16.8 Å². The number of amides is 1. The Hall–Kier alpha value is -1.31. The largest absolute Gasteiger partial charge is 0.344 e. The van der Waals surface area contributed by atoms with Gasteiger partial charge in [0.05, 0.1) is 12.6 Å². The van der Waals surface area contributed by atoms with Crippen molar-refractivity contribution in [2.45, 2.75) is 25.9 Å². The molecule has 1 rings (SSSR count). The maximum absolute atomic E-state index is 11.5. The molecule has 0 aliphatic rings. The van der Waals surface area contributed by atoms with Gasteiger partial charge in [-0.3, -0.25) is 10.1 Å². The van der Waals surface area contributed by atoms with E-state index in [1.165, 1.54) is 5.56 Å². The van der Waals surface area contributed by atoms with Crippen molar-refractivity contribution in [1.29, 1.82) is 0 Å². The zero-order chi connectivity index (χ0) is 12.0. The maximum atomic E-state index is 11.5. The Bertz CT molecular complexity index is 367. The molecule has 1 aromatic heterocycles. The lowest BCUT2D eigenvalue weighted by atomic mass is 10.1. The first kappa shape index (κ1) is 12.8. The van der Waals surface area contributed by atoms with Crippen LogP contribution in [-0.4, -0.2) is 18.5 Å². The highest BCUT2D eigenvalue weighted by Gasteiger charge is 2.15. The first-order valence-corrected chi connectivity index (χ1v) is 6.08. The summed E-state index contributed by atoms with van der Waals surface area (Å²) in [6.45, 7) is 4.14. The quantitative estimate of drug-likeness (QED) is 0.761. The second-order valence-corrected chi connectivity index (χ2v) is 4.37. The van der Waals surface area contributed by atoms with Crippen molar-refractivity contribution in [3.8, 4) is 12.3 Å². The lowest BCUT2D eigenvalue weighted by Gasteiger charge is -2.18. The summed E-state index contributed by atoms with van der Waals surface area (Å²) in [6, 6.07) is 1.97. The zero-order valence-electron chi connectivity index (χ0n) is 9.49. The van der Waals surface area contributed by atoms with E-state index in [1.807, 2.05) is 25.3 Å². The molecule has 0 bridgehead atoms. The highest BCUT2D eigenvalue weighted by atomic mass is 32.1. The van der Waals surface area contributed by atoms with Crippen molar-refractivity contribution in [1.82, 2.24) is 10.6 Å². The fourth-order valence-corrected chi connectivity index (χ4v) is 2.11. The predicted molar refractivity (Wildman–Crippen MR) is 67.2 cm³/mol. The molecule has 86 valence electrons. The standard InChI is InChI=1S/C12H16N2OS/c1-4-6-13-12(15)10(3)14-9(2)11-5-7-16-8-11/h1,5,7-10,14H,6H2,2-3H3,(H,13,15). The lowest BCUT2D eigenvalue weighted by Crippen LogP contribution is -2.43. The van der Waals surface area contributed by atoms with Gasteiger partial charge in [0.1, 0.15) is 0 Å². The molecule has 2 unspecified atom stereocenters. The molecule has 3 nitrogen and oxygen atoms in total. The normalized spacial score (nSPS) is 13.8. The Morgan fingerprint density at radius 1 is 1.62 bits per heavy atom. The molecule has 0 spiro atoms. The first-order chi connectivity index (χ1) is 7.65. The second-order valence-electron chi connectivity index (χ2n) is 3.59. The van der Waals surface area contributed by atoms with E-state index in [2.05, 4.69) is 21.9 Å². The number of hydrogen-bond donors (Lipinski definition) is 2. The van der Waals surface area contributed by atoms with Gasteiger partial charge in [-0.05, 0) is 36.2 Å². The fourth-order valence-electron chi connectivity index (χ4n) is 1.36. The van der Waals surface area contributed by atoms with Crippen LogP contribution in [0.25, 0.3) is 0 Å². The van der Waals surface area contributed by atoms with Gasteiger partial charge in [0.25, 0.3) is 0 Å². The van der Waals surface area contributed by atoms with Gasteiger partial charge in [0.2, 0.25) is 5.91 Å². The van der Waals surface area contributed by atoms with Crippen molar-refractivity contribution in [3.63, 3.8) is 0 Å². The van der Waals surface area contributed by atoms with Gasteiger partial charge in [-0.25, -0.2) is 0 Å². The van der Waals surface area contributed by atoms with E-state index in [-0.39, 0.29) is 24.5 Å². The summed E-state index contributed by atoms with van der Waals surface area (Å²) in [5.74, 6) is 2.31. The lowest BCUT2D eigenvalue weighted by molar-refractivity contribution is -0.122. The molecule has 0 fully saturated rings. The number of carbonyl (C=O) groups is 1. The molecule has 0 radical (unpaired) electrons. The van der Waals surface area contributed by atoms with Crippen LogP contribution in [0.4, 0.5) is 0 Å². The van der Waals surface area contributed by atoms with Crippen molar-refractivity contribution in [3.05, 3.63) is 22.4 Å². The van der Waals surface area contributed by atoms with Gasteiger partial charge in [0, 0.05) is 6.04 Å². The zero-order valence-corrected chi connectivity index (χ0v) is 10.3. The van der Waals surface area contributed by atoms with E-state index in [0.29, 0.717) is 0 Å². The number of terminal acetylenes is 1. The molecule has 0 aliphatic heterocycles. The molecule has 0 aliphatic carbocycles. The molecule has 0 saturated heterocycles. The Kier molecular flexibility index (Phi) is 5.03. The van der Waals surface area contributed by atoms with Crippen molar-refractivity contribution >= 4 is 17.2 Å². The SMILES string of the molecule is C#CCNC(=O)C(C)NC(C)c1ccsc1. The Labute approximate surface area is 100 Å². The minimum atomic E-state index is -0.247. The summed E-state index contributed by atoms with van der Waals surface area (Å²) in [7, 11) is 0. The van der Waals surface area contributed by atoms with Crippen LogP contribution in [0.5, 0.6) is 0 Å². The summed E-state index contributed by atoms with van der Waals surface area (Å²) in [4.78, 5) is 11.5. The number of nitrogens with one attached hydrogen (secondary N) is 2. The number of rotatable bonds is 5. The van der Waals surface area contributed by atoms with Crippen LogP contribution in [0.3, 0.4) is 0 Å². The van der Waals surface area contributed by atoms with Gasteiger partial charge in [0.15, 0.2) is 0 Å². The molecule has 4 heteroatoms. The summed E-state index contributed by atoms with van der Waals surface area (Å²) in [5, 5.41) is 9.96. The molecule has 1 heterocycles. The minimum absolute atomic E-state index is 0.0694.